The number of unbranched alkanes of at least 4 members (excludes halogenated alkanes) is 9. The molecule has 0 radical (unpaired) electrons. The summed E-state index contributed by atoms with van der Waals surface area (Å²) in [5, 5.41) is 0. The molecular weight excluding hydrogens is 263 g/mol. The fraction of sp³-hybridized carbons (Fsp3) is 0.700. The molecule has 1 aromatic carbocycles. The summed E-state index contributed by atoms with van der Waals surface area (Å²) in [5.41, 5.74) is 4.50. The van der Waals surface area contributed by atoms with Crippen LogP contribution >= 0.6 is 0 Å². The Labute approximate surface area is 155 Å². The Morgan fingerprint density at radius 3 is 1.81 bits per heavy atom. The molecule has 0 fully saturated rings. The third kappa shape index (κ3) is 9.76. The van der Waals surface area contributed by atoms with Gasteiger partial charge < -0.3 is 0 Å². The maximum absolute atomic E-state index is 2.30. The van der Waals surface area contributed by atoms with Gasteiger partial charge in [-0.15, -0.1) is 0 Å². The molecule has 116 valence electrons. The summed E-state index contributed by atoms with van der Waals surface area (Å²) in [6, 6.07) is 6.72. The van der Waals surface area contributed by atoms with Crippen molar-refractivity contribution in [2.75, 3.05) is 0 Å². The Kier molecular flexibility index (Phi) is 14.0. The second kappa shape index (κ2) is 13.9. The van der Waals surface area contributed by atoms with Gasteiger partial charge in [0.1, 0.15) is 0 Å². The Morgan fingerprint density at radius 2 is 1.24 bits per heavy atom. The van der Waals surface area contributed by atoms with Gasteiger partial charge in [0, 0.05) is 0 Å². The second-order valence-corrected chi connectivity index (χ2v) is 6.29. The summed E-state index contributed by atoms with van der Waals surface area (Å²) in [6.07, 6.45) is 15.5. The summed E-state index contributed by atoms with van der Waals surface area (Å²) in [6.45, 7) is 6.77. The van der Waals surface area contributed by atoms with Crippen molar-refractivity contribution in [2.24, 2.45) is 0 Å². The first-order valence-corrected chi connectivity index (χ1v) is 8.80. The van der Waals surface area contributed by atoms with Gasteiger partial charge in [0.05, 0.1) is 0 Å². The monoisotopic (exact) mass is 298 g/mol. The average molecular weight is 298 g/mol. The number of hydrogen-bond acceptors (Lipinski definition) is 0. The predicted molar refractivity (Wildman–Crippen MR) is 98.6 cm³/mol. The van der Waals surface area contributed by atoms with Gasteiger partial charge in [-0.3, -0.25) is 0 Å². The normalized spacial score (nSPS) is 10.4. The zero-order valence-electron chi connectivity index (χ0n) is 14.0. The summed E-state index contributed by atoms with van der Waals surface area (Å²) in [5.74, 6) is 0. The van der Waals surface area contributed by atoms with E-state index < -0.39 is 0 Å². The number of hydrogen-bond donors (Lipinski definition) is 0. The molecule has 1 rings (SSSR count). The van der Waals surface area contributed by atoms with Crippen molar-refractivity contribution in [3.63, 3.8) is 0 Å². The second-order valence-electron chi connectivity index (χ2n) is 6.29. The molecule has 0 bridgehead atoms. The molecule has 0 saturated heterocycles. The molecule has 21 heavy (non-hydrogen) atoms. The van der Waals surface area contributed by atoms with Gasteiger partial charge in [-0.05, 0) is 43.4 Å². The molecule has 0 heterocycles. The summed E-state index contributed by atoms with van der Waals surface area (Å²) >= 11 is 0. The van der Waals surface area contributed by atoms with Gasteiger partial charge in [0.15, 0.2) is 0 Å². The molecule has 0 amide bonds. The van der Waals surface area contributed by atoms with E-state index in [9.17, 15) is 0 Å². The third-order valence-electron chi connectivity index (χ3n) is 4.52. The summed E-state index contributed by atoms with van der Waals surface area (Å²) in [7, 11) is 0. The standard InChI is InChI=1S/C20H34.Na.H/c1-4-5-6-7-8-9-10-11-12-13-16-20-17-14-15-18(2)19(20)3;;/h14-15,17H,4-13,16H2,1-3H3;;. The van der Waals surface area contributed by atoms with Gasteiger partial charge in [-0.25, -0.2) is 0 Å². The number of aryl methyl sites for hydroxylation is 2. The van der Waals surface area contributed by atoms with Crippen LogP contribution in [0, 0.1) is 13.8 Å². The van der Waals surface area contributed by atoms with Crippen molar-refractivity contribution in [2.45, 2.75) is 91.4 Å². The molecule has 0 N–H and O–H groups in total. The van der Waals surface area contributed by atoms with Crippen LogP contribution in [0.3, 0.4) is 0 Å². The average Bonchev–Trinajstić information content (AvgIpc) is 2.45. The van der Waals surface area contributed by atoms with Crippen LogP contribution in [-0.2, 0) is 6.42 Å². The molecule has 1 aromatic rings. The van der Waals surface area contributed by atoms with Crippen LogP contribution < -0.4 is 0 Å². The predicted octanol–water partition coefficient (Wildman–Crippen LogP) is 6.12. The van der Waals surface area contributed by atoms with Crippen LogP contribution in [-0.4, -0.2) is 29.6 Å². The van der Waals surface area contributed by atoms with Gasteiger partial charge in [0.2, 0.25) is 0 Å². The fourth-order valence-corrected chi connectivity index (χ4v) is 2.89. The van der Waals surface area contributed by atoms with E-state index in [-0.39, 0.29) is 29.6 Å². The van der Waals surface area contributed by atoms with Crippen LogP contribution in [0.25, 0.3) is 0 Å². The molecule has 1 heteroatoms. The van der Waals surface area contributed by atoms with E-state index >= 15 is 0 Å². The van der Waals surface area contributed by atoms with Crippen LogP contribution in [0.5, 0.6) is 0 Å². The minimum atomic E-state index is 0. The Balaban J connectivity index is 0.00000400. The van der Waals surface area contributed by atoms with Gasteiger partial charge in [-0.1, -0.05) is 82.9 Å². The molecular formula is C20H35Na. The zero-order valence-corrected chi connectivity index (χ0v) is 14.0. The van der Waals surface area contributed by atoms with Crippen molar-refractivity contribution >= 4 is 29.6 Å². The van der Waals surface area contributed by atoms with E-state index in [0.717, 1.165) is 0 Å². The van der Waals surface area contributed by atoms with Gasteiger partial charge in [-0.2, -0.15) is 0 Å². The number of rotatable bonds is 11. The van der Waals surface area contributed by atoms with Crippen molar-refractivity contribution in [1.29, 1.82) is 0 Å². The molecule has 0 aliphatic rings. The van der Waals surface area contributed by atoms with E-state index in [1.165, 1.54) is 81.8 Å². The van der Waals surface area contributed by atoms with Gasteiger partial charge in [0.25, 0.3) is 0 Å². The first-order chi connectivity index (χ1) is 9.75. The molecule has 0 nitrogen and oxygen atoms in total. The van der Waals surface area contributed by atoms with E-state index in [4.69, 9.17) is 0 Å². The van der Waals surface area contributed by atoms with E-state index in [1.54, 1.807) is 5.56 Å². The molecule has 0 atom stereocenters. The summed E-state index contributed by atoms with van der Waals surface area (Å²) in [4.78, 5) is 0. The molecule has 0 spiro atoms. The Hall–Kier alpha value is 0.220. The minimum absolute atomic E-state index is 0. The zero-order chi connectivity index (χ0) is 14.6. The molecule has 0 aromatic heterocycles. The van der Waals surface area contributed by atoms with Crippen molar-refractivity contribution in [3.8, 4) is 0 Å². The van der Waals surface area contributed by atoms with Crippen molar-refractivity contribution in [3.05, 3.63) is 34.9 Å². The summed E-state index contributed by atoms with van der Waals surface area (Å²) < 4.78 is 0. The fourth-order valence-electron chi connectivity index (χ4n) is 2.89. The van der Waals surface area contributed by atoms with E-state index in [0.29, 0.717) is 0 Å². The Morgan fingerprint density at radius 1 is 0.714 bits per heavy atom. The van der Waals surface area contributed by atoms with Crippen molar-refractivity contribution < 1.29 is 0 Å². The van der Waals surface area contributed by atoms with Crippen LogP contribution in [0.1, 0.15) is 87.8 Å². The molecule has 0 aliphatic heterocycles. The topological polar surface area (TPSA) is 0 Å². The van der Waals surface area contributed by atoms with Gasteiger partial charge >= 0.3 is 29.6 Å². The van der Waals surface area contributed by atoms with E-state index in [2.05, 4.69) is 39.0 Å². The maximum atomic E-state index is 2.30. The number of benzene rings is 1. The first kappa shape index (κ1) is 21.2. The van der Waals surface area contributed by atoms with Crippen LogP contribution in [0.4, 0.5) is 0 Å². The quantitative estimate of drug-likeness (QED) is 0.341. The molecule has 0 aliphatic carbocycles. The first-order valence-electron chi connectivity index (χ1n) is 8.80. The molecule has 0 unspecified atom stereocenters. The van der Waals surface area contributed by atoms with E-state index in [1.807, 2.05) is 0 Å². The van der Waals surface area contributed by atoms with Crippen molar-refractivity contribution in [1.82, 2.24) is 0 Å². The van der Waals surface area contributed by atoms with Crippen LogP contribution in [0.2, 0.25) is 0 Å². The molecule has 0 saturated carbocycles. The third-order valence-corrected chi connectivity index (χ3v) is 4.52. The van der Waals surface area contributed by atoms with Crippen LogP contribution in [0.15, 0.2) is 18.2 Å². The SMILES string of the molecule is CCCCCCCCCCCCc1cccc(C)c1C.[NaH]. The Bertz CT molecular complexity index is 357.